The van der Waals surface area contributed by atoms with E-state index in [1.54, 1.807) is 26.8 Å². The summed E-state index contributed by atoms with van der Waals surface area (Å²) in [6.45, 7) is 8.77. The zero-order chi connectivity index (χ0) is 21.3. The highest BCUT2D eigenvalue weighted by Crippen LogP contribution is 2.24. The molecule has 0 saturated heterocycles. The molecule has 152 valence electrons. The number of rotatable bonds is 3. The van der Waals surface area contributed by atoms with E-state index in [9.17, 15) is 14.0 Å². The number of hydrogen-bond donors (Lipinski definition) is 2. The number of aryl methyl sites for hydroxylation is 2. The molecule has 0 saturated carbocycles. The molecule has 0 spiro atoms. The van der Waals surface area contributed by atoms with Gasteiger partial charge in [0.2, 0.25) is 5.82 Å². The maximum absolute atomic E-state index is 13.7. The standard InChI is InChI=1S/C19H21FN6O3/c1-10-8-11(2)26-17(21-10)24-15(25-26)16(27)22-14-9-12(20)6-7-13(14)23-18(28)29-19(3,4)5/h6-9H,1-5H3,(H,22,27)(H,23,28). The summed E-state index contributed by atoms with van der Waals surface area (Å²) in [5.74, 6) is -1.13. The van der Waals surface area contributed by atoms with Crippen LogP contribution in [0.1, 0.15) is 42.8 Å². The average Bonchev–Trinajstić information content (AvgIpc) is 3.00. The van der Waals surface area contributed by atoms with Crippen molar-refractivity contribution >= 4 is 29.2 Å². The minimum Gasteiger partial charge on any atom is -0.444 e. The van der Waals surface area contributed by atoms with Crippen LogP contribution in [-0.4, -0.2) is 37.2 Å². The Morgan fingerprint density at radius 3 is 2.48 bits per heavy atom. The summed E-state index contributed by atoms with van der Waals surface area (Å²) in [5.41, 5.74) is 1.00. The molecular formula is C19H21FN6O3. The van der Waals surface area contributed by atoms with Gasteiger partial charge in [0.25, 0.3) is 11.7 Å². The van der Waals surface area contributed by atoms with Crippen LogP contribution in [0.25, 0.3) is 5.78 Å². The quantitative estimate of drug-likeness (QED) is 0.696. The minimum atomic E-state index is -0.735. The second-order valence-corrected chi connectivity index (χ2v) is 7.46. The third-order valence-corrected chi connectivity index (χ3v) is 3.69. The summed E-state index contributed by atoms with van der Waals surface area (Å²) in [4.78, 5) is 33.0. The Morgan fingerprint density at radius 1 is 1.07 bits per heavy atom. The van der Waals surface area contributed by atoms with Crippen LogP contribution in [0.3, 0.4) is 0 Å². The van der Waals surface area contributed by atoms with Gasteiger partial charge in [0, 0.05) is 11.4 Å². The highest BCUT2D eigenvalue weighted by Gasteiger charge is 2.20. The number of halogens is 1. The van der Waals surface area contributed by atoms with Gasteiger partial charge in [0.1, 0.15) is 11.4 Å². The van der Waals surface area contributed by atoms with Gasteiger partial charge in [-0.1, -0.05) is 0 Å². The molecule has 0 fully saturated rings. The molecule has 2 amide bonds. The highest BCUT2D eigenvalue weighted by molar-refractivity contribution is 6.05. The summed E-state index contributed by atoms with van der Waals surface area (Å²) in [7, 11) is 0. The molecular weight excluding hydrogens is 379 g/mol. The molecule has 2 aromatic heterocycles. The van der Waals surface area contributed by atoms with Gasteiger partial charge in [0.15, 0.2) is 0 Å². The molecule has 0 aliphatic rings. The van der Waals surface area contributed by atoms with Crippen molar-refractivity contribution in [2.24, 2.45) is 0 Å². The number of nitrogens with one attached hydrogen (secondary N) is 2. The molecule has 0 atom stereocenters. The fraction of sp³-hybridized carbons (Fsp3) is 0.316. The number of anilines is 2. The van der Waals surface area contributed by atoms with Crippen LogP contribution in [0, 0.1) is 19.7 Å². The first-order valence-electron chi connectivity index (χ1n) is 8.84. The van der Waals surface area contributed by atoms with Crippen LogP contribution in [0.2, 0.25) is 0 Å². The average molecular weight is 400 g/mol. The first-order valence-corrected chi connectivity index (χ1v) is 8.84. The van der Waals surface area contributed by atoms with E-state index in [4.69, 9.17) is 4.74 Å². The summed E-state index contributed by atoms with van der Waals surface area (Å²) in [6.07, 6.45) is -0.735. The van der Waals surface area contributed by atoms with Crippen molar-refractivity contribution in [1.82, 2.24) is 19.6 Å². The number of hydrogen-bond acceptors (Lipinski definition) is 6. The largest absolute Gasteiger partial charge is 0.444 e. The first-order chi connectivity index (χ1) is 13.5. The van der Waals surface area contributed by atoms with Crippen molar-refractivity contribution in [2.75, 3.05) is 10.6 Å². The molecule has 0 aliphatic carbocycles. The SMILES string of the molecule is Cc1cc(C)n2nc(C(=O)Nc3cc(F)ccc3NC(=O)OC(C)(C)C)nc2n1. The maximum Gasteiger partial charge on any atom is 0.412 e. The Bertz CT molecular complexity index is 1100. The third kappa shape index (κ3) is 4.84. The van der Waals surface area contributed by atoms with Crippen molar-refractivity contribution in [1.29, 1.82) is 0 Å². The van der Waals surface area contributed by atoms with Gasteiger partial charge in [0.05, 0.1) is 11.4 Å². The van der Waals surface area contributed by atoms with Gasteiger partial charge >= 0.3 is 6.09 Å². The number of carbonyl (C=O) groups is 2. The van der Waals surface area contributed by atoms with E-state index < -0.39 is 23.4 Å². The molecule has 0 aliphatic heterocycles. The summed E-state index contributed by atoms with van der Waals surface area (Å²) >= 11 is 0. The van der Waals surface area contributed by atoms with Crippen LogP contribution in [0.5, 0.6) is 0 Å². The third-order valence-electron chi connectivity index (χ3n) is 3.69. The van der Waals surface area contributed by atoms with Crippen LogP contribution >= 0.6 is 0 Å². The molecule has 1 aromatic carbocycles. The van der Waals surface area contributed by atoms with E-state index in [1.165, 1.54) is 10.6 Å². The van der Waals surface area contributed by atoms with E-state index in [-0.39, 0.29) is 23.0 Å². The number of nitrogens with zero attached hydrogens (tertiary/aromatic N) is 4. The Hall–Kier alpha value is -3.56. The van der Waals surface area contributed by atoms with Gasteiger partial charge in [-0.3, -0.25) is 10.1 Å². The predicted molar refractivity (Wildman–Crippen MR) is 104 cm³/mol. The normalized spacial score (nSPS) is 11.4. The van der Waals surface area contributed by atoms with Crippen LogP contribution in [-0.2, 0) is 4.74 Å². The molecule has 3 aromatic rings. The monoisotopic (exact) mass is 400 g/mol. The Kier molecular flexibility index (Phi) is 5.19. The number of amides is 2. The number of aromatic nitrogens is 4. The van der Waals surface area contributed by atoms with E-state index in [2.05, 4.69) is 25.7 Å². The first kappa shape index (κ1) is 20.2. The maximum atomic E-state index is 13.7. The number of fused-ring (bicyclic) bond motifs is 1. The van der Waals surface area contributed by atoms with Crippen molar-refractivity contribution in [3.63, 3.8) is 0 Å². The van der Waals surface area contributed by atoms with Crippen molar-refractivity contribution in [2.45, 2.75) is 40.2 Å². The van der Waals surface area contributed by atoms with E-state index >= 15 is 0 Å². The summed E-state index contributed by atoms with van der Waals surface area (Å²) in [6, 6.07) is 5.36. The molecule has 2 N–H and O–H groups in total. The molecule has 2 heterocycles. The lowest BCUT2D eigenvalue weighted by molar-refractivity contribution is 0.0635. The van der Waals surface area contributed by atoms with Crippen LogP contribution < -0.4 is 10.6 Å². The van der Waals surface area contributed by atoms with E-state index in [0.717, 1.165) is 23.5 Å². The van der Waals surface area contributed by atoms with Crippen molar-refractivity contribution in [3.8, 4) is 0 Å². The lowest BCUT2D eigenvalue weighted by Gasteiger charge is -2.20. The molecule has 3 rings (SSSR count). The van der Waals surface area contributed by atoms with Crippen LogP contribution in [0.15, 0.2) is 24.3 Å². The fourth-order valence-corrected chi connectivity index (χ4v) is 2.58. The van der Waals surface area contributed by atoms with Crippen molar-refractivity contribution < 1.29 is 18.7 Å². The van der Waals surface area contributed by atoms with Gasteiger partial charge < -0.3 is 10.1 Å². The van der Waals surface area contributed by atoms with E-state index in [0.29, 0.717) is 0 Å². The summed E-state index contributed by atoms with van der Waals surface area (Å²) in [5, 5.41) is 9.15. The predicted octanol–water partition coefficient (Wildman–Crippen LogP) is 3.48. The number of ether oxygens (including phenoxy) is 1. The number of carbonyl (C=O) groups excluding carboxylic acids is 2. The molecule has 29 heavy (non-hydrogen) atoms. The van der Waals surface area contributed by atoms with Gasteiger partial charge in [-0.2, -0.15) is 4.98 Å². The van der Waals surface area contributed by atoms with Gasteiger partial charge in [-0.25, -0.2) is 18.7 Å². The van der Waals surface area contributed by atoms with Gasteiger partial charge in [-0.05, 0) is 58.9 Å². The molecule has 0 unspecified atom stereocenters. The lowest BCUT2D eigenvalue weighted by atomic mass is 10.2. The molecule has 0 bridgehead atoms. The van der Waals surface area contributed by atoms with Crippen molar-refractivity contribution in [3.05, 3.63) is 47.3 Å². The Balaban J connectivity index is 1.86. The second kappa shape index (κ2) is 7.46. The highest BCUT2D eigenvalue weighted by atomic mass is 19.1. The minimum absolute atomic E-state index is 0.0422. The smallest absolute Gasteiger partial charge is 0.412 e. The lowest BCUT2D eigenvalue weighted by Crippen LogP contribution is -2.27. The molecule has 0 radical (unpaired) electrons. The van der Waals surface area contributed by atoms with Gasteiger partial charge in [-0.15, -0.1) is 5.10 Å². The molecule has 9 nitrogen and oxygen atoms in total. The zero-order valence-corrected chi connectivity index (χ0v) is 16.7. The topological polar surface area (TPSA) is 111 Å². The second-order valence-electron chi connectivity index (χ2n) is 7.46. The Morgan fingerprint density at radius 2 is 1.79 bits per heavy atom. The number of benzene rings is 1. The summed E-state index contributed by atoms with van der Waals surface area (Å²) < 4.78 is 20.4. The van der Waals surface area contributed by atoms with Crippen LogP contribution in [0.4, 0.5) is 20.6 Å². The fourth-order valence-electron chi connectivity index (χ4n) is 2.58. The Labute approximate surface area is 166 Å². The van der Waals surface area contributed by atoms with E-state index in [1.807, 2.05) is 13.8 Å². The zero-order valence-electron chi connectivity index (χ0n) is 16.7. The molecule has 10 heteroatoms.